The van der Waals surface area contributed by atoms with Gasteiger partial charge in [0.15, 0.2) is 0 Å². The molecule has 0 fully saturated rings. The molecule has 1 N–H and O–H groups in total. The molecule has 0 aliphatic rings. The van der Waals surface area contributed by atoms with Crippen LogP contribution in [0.5, 0.6) is 0 Å². The largest absolute Gasteiger partial charge is 0.377 e. The first-order chi connectivity index (χ1) is 10.0. The van der Waals surface area contributed by atoms with Gasteiger partial charge in [0.25, 0.3) is 0 Å². The minimum absolute atomic E-state index is 0.0265. The molecule has 0 aromatic heterocycles. The number of methoxy groups -OCH3 is 1. The number of hydrogen-bond donors (Lipinski definition) is 1. The van der Waals surface area contributed by atoms with Crippen LogP contribution in [0.25, 0.3) is 0 Å². The molecule has 0 bridgehead atoms. The number of nitrogens with one attached hydrogen (secondary N) is 1. The van der Waals surface area contributed by atoms with Crippen LogP contribution in [0.4, 0.5) is 8.78 Å². The van der Waals surface area contributed by atoms with Crippen LogP contribution in [0.15, 0.2) is 18.2 Å². The lowest BCUT2D eigenvalue weighted by Gasteiger charge is -2.39. The van der Waals surface area contributed by atoms with Crippen LogP contribution >= 0.6 is 0 Å². The Morgan fingerprint density at radius 2 is 1.67 bits per heavy atom. The van der Waals surface area contributed by atoms with Crippen molar-refractivity contribution in [2.45, 2.75) is 58.1 Å². The first-order valence-electron chi connectivity index (χ1n) is 7.74. The zero-order valence-corrected chi connectivity index (χ0v) is 13.5. The highest BCUT2D eigenvalue weighted by Crippen LogP contribution is 2.27. The van der Waals surface area contributed by atoms with Crippen LogP contribution in [0.1, 0.15) is 45.6 Å². The van der Waals surface area contributed by atoms with Gasteiger partial charge in [0.2, 0.25) is 0 Å². The predicted octanol–water partition coefficient (Wildman–Crippen LogP) is 4.08. The van der Waals surface area contributed by atoms with E-state index >= 15 is 0 Å². The van der Waals surface area contributed by atoms with Crippen molar-refractivity contribution >= 4 is 0 Å². The monoisotopic (exact) mass is 299 g/mol. The molecule has 0 aliphatic carbocycles. The van der Waals surface area contributed by atoms with Crippen molar-refractivity contribution in [2.75, 3.05) is 13.7 Å². The fourth-order valence-corrected chi connectivity index (χ4v) is 2.90. The molecule has 0 heterocycles. The van der Waals surface area contributed by atoms with E-state index in [9.17, 15) is 8.78 Å². The van der Waals surface area contributed by atoms with Gasteiger partial charge in [-0.15, -0.1) is 0 Å². The Morgan fingerprint density at radius 1 is 1.10 bits per heavy atom. The summed E-state index contributed by atoms with van der Waals surface area (Å²) in [5.41, 5.74) is 0.335. The van der Waals surface area contributed by atoms with E-state index in [1.165, 1.54) is 12.1 Å². The zero-order valence-electron chi connectivity index (χ0n) is 13.5. The predicted molar refractivity (Wildman–Crippen MR) is 82.5 cm³/mol. The lowest BCUT2D eigenvalue weighted by molar-refractivity contribution is -0.0472. The maximum atomic E-state index is 13.4. The number of rotatable bonds is 9. The Kier molecular flexibility index (Phi) is 7.26. The maximum Gasteiger partial charge on any atom is 0.126 e. The van der Waals surface area contributed by atoms with Crippen LogP contribution in [-0.2, 0) is 11.2 Å². The normalized spacial score (nSPS) is 13.4. The highest BCUT2D eigenvalue weighted by Gasteiger charge is 2.35. The summed E-state index contributed by atoms with van der Waals surface area (Å²) in [6.07, 6.45) is 3.24. The Hall–Kier alpha value is -1.00. The third-order valence-corrected chi connectivity index (χ3v) is 4.24. The molecular formula is C17H27F2NO. The number of benzene rings is 1. The van der Waals surface area contributed by atoms with E-state index in [0.29, 0.717) is 12.0 Å². The highest BCUT2D eigenvalue weighted by atomic mass is 19.1. The van der Waals surface area contributed by atoms with Crippen LogP contribution in [0.2, 0.25) is 0 Å². The van der Waals surface area contributed by atoms with Crippen LogP contribution in [0.3, 0.4) is 0 Å². The second-order valence-electron chi connectivity index (χ2n) is 5.46. The van der Waals surface area contributed by atoms with E-state index in [1.807, 2.05) is 0 Å². The molecule has 0 spiro atoms. The molecule has 0 amide bonds. The summed E-state index contributed by atoms with van der Waals surface area (Å²) >= 11 is 0. The van der Waals surface area contributed by atoms with E-state index in [1.54, 1.807) is 7.11 Å². The van der Waals surface area contributed by atoms with Gasteiger partial charge in [-0.05, 0) is 49.9 Å². The molecule has 4 heteroatoms. The molecule has 0 aliphatic heterocycles. The number of hydrogen-bond acceptors (Lipinski definition) is 2. The van der Waals surface area contributed by atoms with Crippen LogP contribution in [-0.4, -0.2) is 25.3 Å². The summed E-state index contributed by atoms with van der Waals surface area (Å²) in [4.78, 5) is 0. The first kappa shape index (κ1) is 18.1. The molecule has 21 heavy (non-hydrogen) atoms. The summed E-state index contributed by atoms with van der Waals surface area (Å²) < 4.78 is 32.5. The summed E-state index contributed by atoms with van der Waals surface area (Å²) in [5.74, 6) is -1.06. The Labute approximate surface area is 126 Å². The standard InChI is InChI=1S/C17H27F2NO/c1-5-8-20-16(17(6-2,7-3)21-4)11-13-9-14(18)12-15(19)10-13/h9-10,12,16,20H,5-8,11H2,1-4H3. The highest BCUT2D eigenvalue weighted by molar-refractivity contribution is 5.20. The molecule has 0 radical (unpaired) electrons. The lowest BCUT2D eigenvalue weighted by atomic mass is 9.84. The van der Waals surface area contributed by atoms with E-state index in [-0.39, 0.29) is 11.6 Å². The quantitative estimate of drug-likeness (QED) is 0.742. The molecule has 0 saturated heterocycles. The SMILES string of the molecule is CCCNC(Cc1cc(F)cc(F)c1)C(CC)(CC)OC. The van der Waals surface area contributed by atoms with Crippen molar-refractivity contribution in [3.05, 3.63) is 35.4 Å². The van der Waals surface area contributed by atoms with Gasteiger partial charge in [-0.25, -0.2) is 8.78 Å². The summed E-state index contributed by atoms with van der Waals surface area (Å²) in [6.45, 7) is 7.12. The van der Waals surface area contributed by atoms with Gasteiger partial charge in [-0.3, -0.25) is 0 Å². The smallest absolute Gasteiger partial charge is 0.126 e. The topological polar surface area (TPSA) is 21.3 Å². The van der Waals surface area contributed by atoms with E-state index in [2.05, 4.69) is 26.1 Å². The van der Waals surface area contributed by atoms with E-state index in [0.717, 1.165) is 31.9 Å². The average molecular weight is 299 g/mol. The molecular weight excluding hydrogens is 272 g/mol. The first-order valence-corrected chi connectivity index (χ1v) is 7.74. The molecule has 1 rings (SSSR count). The van der Waals surface area contributed by atoms with Gasteiger partial charge in [0, 0.05) is 19.2 Å². The number of ether oxygens (including phenoxy) is 1. The van der Waals surface area contributed by atoms with Crippen molar-refractivity contribution in [3.63, 3.8) is 0 Å². The van der Waals surface area contributed by atoms with Gasteiger partial charge < -0.3 is 10.1 Å². The van der Waals surface area contributed by atoms with Gasteiger partial charge >= 0.3 is 0 Å². The zero-order chi connectivity index (χ0) is 15.9. The Bertz CT molecular complexity index is 404. The van der Waals surface area contributed by atoms with Gasteiger partial charge in [0.05, 0.1) is 5.60 Å². The van der Waals surface area contributed by atoms with Gasteiger partial charge in [-0.2, -0.15) is 0 Å². The molecule has 120 valence electrons. The second-order valence-corrected chi connectivity index (χ2v) is 5.46. The fraction of sp³-hybridized carbons (Fsp3) is 0.647. The maximum absolute atomic E-state index is 13.4. The third kappa shape index (κ3) is 4.75. The van der Waals surface area contributed by atoms with Gasteiger partial charge in [-0.1, -0.05) is 20.8 Å². The molecule has 2 nitrogen and oxygen atoms in total. The molecule has 1 aromatic carbocycles. The third-order valence-electron chi connectivity index (χ3n) is 4.24. The second kappa shape index (κ2) is 8.44. The molecule has 0 saturated carbocycles. The fourth-order valence-electron chi connectivity index (χ4n) is 2.90. The molecule has 1 unspecified atom stereocenters. The van der Waals surface area contributed by atoms with Crippen molar-refractivity contribution in [1.29, 1.82) is 0 Å². The van der Waals surface area contributed by atoms with Crippen molar-refractivity contribution < 1.29 is 13.5 Å². The minimum Gasteiger partial charge on any atom is -0.377 e. The summed E-state index contributed by atoms with van der Waals surface area (Å²) in [7, 11) is 1.71. The van der Waals surface area contributed by atoms with Crippen molar-refractivity contribution in [3.8, 4) is 0 Å². The van der Waals surface area contributed by atoms with Crippen molar-refractivity contribution in [1.82, 2.24) is 5.32 Å². The minimum atomic E-state index is -0.532. The van der Waals surface area contributed by atoms with Crippen molar-refractivity contribution in [2.24, 2.45) is 0 Å². The van der Waals surface area contributed by atoms with Crippen LogP contribution < -0.4 is 5.32 Å². The molecule has 1 atom stereocenters. The summed E-state index contributed by atoms with van der Waals surface area (Å²) in [5, 5.41) is 3.48. The number of halogens is 2. The van der Waals surface area contributed by atoms with Crippen LogP contribution in [0, 0.1) is 11.6 Å². The summed E-state index contributed by atoms with van der Waals surface area (Å²) in [6, 6.07) is 3.73. The van der Waals surface area contributed by atoms with E-state index < -0.39 is 11.6 Å². The lowest BCUT2D eigenvalue weighted by Crippen LogP contribution is -2.53. The average Bonchev–Trinajstić information content (AvgIpc) is 2.45. The Morgan fingerprint density at radius 3 is 2.10 bits per heavy atom. The van der Waals surface area contributed by atoms with E-state index in [4.69, 9.17) is 4.74 Å². The molecule has 1 aromatic rings. The van der Waals surface area contributed by atoms with Gasteiger partial charge in [0.1, 0.15) is 11.6 Å². The Balaban J connectivity index is 3.01.